The van der Waals surface area contributed by atoms with Gasteiger partial charge in [0.25, 0.3) is 0 Å². The molecule has 3 rings (SSSR count). The van der Waals surface area contributed by atoms with Crippen LogP contribution in [-0.4, -0.2) is 52.5 Å². The fourth-order valence-corrected chi connectivity index (χ4v) is 4.63. The van der Waals surface area contributed by atoms with Crippen LogP contribution in [0.5, 0.6) is 0 Å². The molecule has 2 aliphatic rings. The van der Waals surface area contributed by atoms with Gasteiger partial charge in [0.05, 0.1) is 0 Å². The van der Waals surface area contributed by atoms with Crippen molar-refractivity contribution >= 4 is 40.9 Å². The zero-order chi connectivity index (χ0) is 20.9. The van der Waals surface area contributed by atoms with Gasteiger partial charge in [0, 0.05) is 19.6 Å². The first kappa shape index (κ1) is 23.0. The third-order valence-electron chi connectivity index (χ3n) is 6.20. The molecule has 1 aromatic carbocycles. The molecule has 7 heteroatoms. The van der Waals surface area contributed by atoms with Crippen LogP contribution >= 0.6 is 34.8 Å². The monoisotopic (exact) mass is 460 g/mol. The van der Waals surface area contributed by atoms with Gasteiger partial charge in [0.2, 0.25) is 3.79 Å². The Morgan fingerprint density at radius 2 is 1.69 bits per heavy atom. The SMILES string of the molecule is CN(C(=O)OCC(Cl)(Cl)Cl)[C@H]1CC[C@H](c2ccc(CN3CCCCC3)cc2)CC1. The molecule has 1 amide bonds. The summed E-state index contributed by atoms with van der Waals surface area (Å²) in [4.78, 5) is 16.4. The summed E-state index contributed by atoms with van der Waals surface area (Å²) < 4.78 is 3.52. The quantitative estimate of drug-likeness (QED) is 0.494. The third-order valence-corrected chi connectivity index (χ3v) is 6.53. The summed E-state index contributed by atoms with van der Waals surface area (Å²) in [5.74, 6) is 0.556. The number of hydrogen-bond donors (Lipinski definition) is 0. The highest BCUT2D eigenvalue weighted by Gasteiger charge is 2.30. The molecule has 1 aromatic rings. The first-order valence-corrected chi connectivity index (χ1v) is 11.7. The lowest BCUT2D eigenvalue weighted by Crippen LogP contribution is -2.40. The van der Waals surface area contributed by atoms with E-state index in [1.165, 1.54) is 43.5 Å². The van der Waals surface area contributed by atoms with Crippen LogP contribution in [0.15, 0.2) is 24.3 Å². The molecular formula is C22H31Cl3N2O2. The minimum Gasteiger partial charge on any atom is -0.445 e. The van der Waals surface area contributed by atoms with Crippen molar-refractivity contribution in [1.29, 1.82) is 0 Å². The molecule has 0 aromatic heterocycles. The predicted octanol–water partition coefficient (Wildman–Crippen LogP) is 6.14. The predicted molar refractivity (Wildman–Crippen MR) is 120 cm³/mol. The molecule has 4 nitrogen and oxygen atoms in total. The van der Waals surface area contributed by atoms with E-state index in [-0.39, 0.29) is 12.6 Å². The van der Waals surface area contributed by atoms with Crippen molar-refractivity contribution in [2.24, 2.45) is 0 Å². The number of carbonyl (C=O) groups excluding carboxylic acids is 1. The van der Waals surface area contributed by atoms with Crippen molar-refractivity contribution in [3.63, 3.8) is 0 Å². The number of rotatable bonds is 5. The van der Waals surface area contributed by atoms with Crippen molar-refractivity contribution in [2.45, 2.75) is 67.2 Å². The van der Waals surface area contributed by atoms with E-state index < -0.39 is 9.89 Å². The number of alkyl halides is 3. The highest BCUT2D eigenvalue weighted by Crippen LogP contribution is 2.35. The topological polar surface area (TPSA) is 32.8 Å². The average molecular weight is 462 g/mol. The highest BCUT2D eigenvalue weighted by atomic mass is 35.6. The van der Waals surface area contributed by atoms with Crippen LogP contribution in [0.3, 0.4) is 0 Å². The van der Waals surface area contributed by atoms with Crippen molar-refractivity contribution < 1.29 is 9.53 Å². The van der Waals surface area contributed by atoms with Crippen LogP contribution < -0.4 is 0 Å². The van der Waals surface area contributed by atoms with Gasteiger partial charge in [-0.3, -0.25) is 4.90 Å². The molecule has 2 fully saturated rings. The Labute approximate surface area is 189 Å². The van der Waals surface area contributed by atoms with Gasteiger partial charge in [-0.05, 0) is 68.7 Å². The molecule has 29 heavy (non-hydrogen) atoms. The number of ether oxygens (including phenoxy) is 1. The first-order valence-electron chi connectivity index (χ1n) is 10.6. The zero-order valence-corrected chi connectivity index (χ0v) is 19.4. The molecule has 0 bridgehead atoms. The second-order valence-electron chi connectivity index (χ2n) is 8.36. The van der Waals surface area contributed by atoms with E-state index in [1.807, 2.05) is 0 Å². The summed E-state index contributed by atoms with van der Waals surface area (Å²) in [5.41, 5.74) is 2.81. The molecule has 0 unspecified atom stereocenters. The smallest absolute Gasteiger partial charge is 0.409 e. The van der Waals surface area contributed by atoms with E-state index in [1.54, 1.807) is 11.9 Å². The number of halogens is 3. The van der Waals surface area contributed by atoms with Crippen LogP contribution in [0.25, 0.3) is 0 Å². The number of likely N-dealkylation sites (tertiary alicyclic amines) is 1. The van der Waals surface area contributed by atoms with E-state index in [0.29, 0.717) is 5.92 Å². The Morgan fingerprint density at radius 3 is 2.28 bits per heavy atom. The maximum Gasteiger partial charge on any atom is 0.409 e. The second-order valence-corrected chi connectivity index (χ2v) is 10.9. The van der Waals surface area contributed by atoms with Gasteiger partial charge in [-0.25, -0.2) is 4.79 Å². The molecule has 1 aliphatic heterocycles. The summed E-state index contributed by atoms with van der Waals surface area (Å²) in [5, 5.41) is 0. The van der Waals surface area contributed by atoms with Crippen LogP contribution in [0.2, 0.25) is 0 Å². The fourth-order valence-electron chi connectivity index (χ4n) is 4.46. The maximum atomic E-state index is 12.2. The van der Waals surface area contributed by atoms with Crippen molar-refractivity contribution in [3.8, 4) is 0 Å². The number of nitrogens with zero attached hydrogens (tertiary/aromatic N) is 2. The second kappa shape index (κ2) is 10.6. The summed E-state index contributed by atoms with van der Waals surface area (Å²) in [6, 6.07) is 9.34. The van der Waals surface area contributed by atoms with E-state index in [4.69, 9.17) is 39.5 Å². The maximum absolute atomic E-state index is 12.2. The van der Waals surface area contributed by atoms with E-state index in [0.717, 1.165) is 32.2 Å². The van der Waals surface area contributed by atoms with Gasteiger partial charge in [-0.15, -0.1) is 0 Å². The Morgan fingerprint density at radius 1 is 1.07 bits per heavy atom. The third kappa shape index (κ3) is 7.20. The zero-order valence-electron chi connectivity index (χ0n) is 17.1. The molecule has 0 N–H and O–H groups in total. The Balaban J connectivity index is 1.45. The number of amides is 1. The molecule has 0 atom stereocenters. The molecular weight excluding hydrogens is 431 g/mol. The number of benzene rings is 1. The van der Waals surface area contributed by atoms with E-state index in [2.05, 4.69) is 29.2 Å². The lowest BCUT2D eigenvalue weighted by Gasteiger charge is -2.34. The van der Waals surface area contributed by atoms with Crippen molar-refractivity contribution in [1.82, 2.24) is 9.80 Å². The van der Waals surface area contributed by atoms with Crippen LogP contribution in [0, 0.1) is 0 Å². The largest absolute Gasteiger partial charge is 0.445 e. The lowest BCUT2D eigenvalue weighted by atomic mass is 9.81. The van der Waals surface area contributed by atoms with Crippen molar-refractivity contribution in [3.05, 3.63) is 35.4 Å². The van der Waals surface area contributed by atoms with Crippen molar-refractivity contribution in [2.75, 3.05) is 26.7 Å². The molecule has 1 aliphatic carbocycles. The molecule has 1 heterocycles. The normalized spacial score (nSPS) is 23.6. The van der Waals surface area contributed by atoms with Crippen LogP contribution in [0.4, 0.5) is 4.79 Å². The van der Waals surface area contributed by atoms with Gasteiger partial charge in [0.15, 0.2) is 0 Å². The molecule has 162 valence electrons. The highest BCUT2D eigenvalue weighted by molar-refractivity contribution is 6.67. The fraction of sp³-hybridized carbons (Fsp3) is 0.682. The molecule has 1 saturated carbocycles. The Bertz CT molecular complexity index is 649. The summed E-state index contributed by atoms with van der Waals surface area (Å²) in [7, 11) is 1.76. The number of carbonyl (C=O) groups is 1. The molecule has 1 saturated heterocycles. The van der Waals surface area contributed by atoms with Crippen LogP contribution in [0.1, 0.15) is 62.0 Å². The standard InChI is InChI=1S/C22H31Cl3N2O2/c1-26(21(28)29-16-22(23,24)25)20-11-9-19(10-12-20)18-7-5-17(6-8-18)15-27-13-3-2-4-14-27/h5-8,19-20H,2-4,9-16H2,1H3/t19-,20-. The Hall–Kier alpha value is -0.680. The lowest BCUT2D eigenvalue weighted by molar-refractivity contribution is 0.0889. The van der Waals surface area contributed by atoms with Gasteiger partial charge >= 0.3 is 6.09 Å². The van der Waals surface area contributed by atoms with Crippen LogP contribution in [-0.2, 0) is 11.3 Å². The van der Waals surface area contributed by atoms with Gasteiger partial charge in [-0.1, -0.05) is 65.5 Å². The van der Waals surface area contributed by atoms with E-state index in [9.17, 15) is 4.79 Å². The number of piperidine rings is 1. The minimum absolute atomic E-state index is 0.174. The van der Waals surface area contributed by atoms with E-state index >= 15 is 0 Å². The summed E-state index contributed by atoms with van der Waals surface area (Å²) in [6.07, 6.45) is 7.65. The number of hydrogen-bond acceptors (Lipinski definition) is 3. The summed E-state index contributed by atoms with van der Waals surface area (Å²) >= 11 is 17.0. The van der Waals surface area contributed by atoms with Gasteiger partial charge < -0.3 is 9.64 Å². The Kier molecular flexibility index (Phi) is 8.38. The first-order chi connectivity index (χ1) is 13.8. The molecule has 0 radical (unpaired) electrons. The summed E-state index contributed by atoms with van der Waals surface area (Å²) in [6.45, 7) is 3.28. The van der Waals surface area contributed by atoms with Gasteiger partial charge in [0.1, 0.15) is 6.61 Å². The van der Waals surface area contributed by atoms with Gasteiger partial charge in [-0.2, -0.15) is 0 Å². The molecule has 0 spiro atoms. The minimum atomic E-state index is -1.58. The average Bonchev–Trinajstić information content (AvgIpc) is 2.72.